The third-order valence-corrected chi connectivity index (χ3v) is 14.6. The fraction of sp³-hybridized carbons (Fsp3) is 0.527. The fourth-order valence-electron chi connectivity index (χ4n) is 10.6. The Balaban J connectivity index is 1.22. The highest BCUT2D eigenvalue weighted by molar-refractivity contribution is 5.96. The van der Waals surface area contributed by atoms with Crippen LogP contribution in [0.4, 0.5) is 4.79 Å². The quantitative estimate of drug-likeness (QED) is 0.119. The highest BCUT2D eigenvalue weighted by atomic mass is 16.5. The van der Waals surface area contributed by atoms with Crippen molar-refractivity contribution in [2.75, 3.05) is 67.1 Å². The second kappa shape index (κ2) is 22.5. The zero-order chi connectivity index (χ0) is 51.3. The number of fused-ring (bicyclic) bond motifs is 6. The van der Waals surface area contributed by atoms with Gasteiger partial charge < -0.3 is 34.1 Å². The third kappa shape index (κ3) is 11.7. The minimum Gasteiger partial charge on any atom is -0.464 e. The van der Waals surface area contributed by atoms with E-state index in [2.05, 4.69) is 90.9 Å². The van der Waals surface area contributed by atoms with Gasteiger partial charge in [-0.2, -0.15) is 0 Å². The first-order valence-electron chi connectivity index (χ1n) is 25.3. The lowest BCUT2D eigenvalue weighted by Crippen LogP contribution is -2.63. The smallest absolute Gasteiger partial charge is 0.324 e. The van der Waals surface area contributed by atoms with Gasteiger partial charge in [-0.05, 0) is 98.5 Å². The van der Waals surface area contributed by atoms with Crippen LogP contribution >= 0.6 is 0 Å². The maximum Gasteiger partial charge on any atom is 0.324 e. The standard InChI is InChI=1S/C55H75N9O7/c1-12-47(65)59(9)25-26-61-27-28-62(33-36(61)5)54(69)60(10)49(35(3)4)51(66)57-45-30-38-17-14-18-39(29-38)40-21-22-46-42(31-40)43(50(63(46)13-2)41-19-15-23-56-48(41)37(6)70-11)32-55(7,8)34-71-53(68)44-20-16-24-64(58-44)52(45)67/h12,14-15,17-19,21-23,29,31,35-37,44-45,49,58H,1,13,16,20,24-28,30,32-34H2,2-11H3,(H,57,66)/t36-,37-,44-,45-,49-/m0/s1. The molecule has 2 aromatic carbocycles. The first-order chi connectivity index (χ1) is 33.9. The van der Waals surface area contributed by atoms with Crippen molar-refractivity contribution in [1.29, 1.82) is 0 Å². The average molecular weight is 974 g/mol. The Kier molecular flexibility index (Phi) is 16.7. The fourth-order valence-corrected chi connectivity index (χ4v) is 10.6. The van der Waals surface area contributed by atoms with Crippen molar-refractivity contribution in [2.45, 2.75) is 111 Å². The molecule has 0 aliphatic carbocycles. The molecule has 16 nitrogen and oxygen atoms in total. The first-order valence-corrected chi connectivity index (χ1v) is 25.3. The average Bonchev–Trinajstić information content (AvgIpc) is 3.67. The maximum absolute atomic E-state index is 14.8. The van der Waals surface area contributed by atoms with Crippen LogP contribution in [0.15, 0.2) is 73.4 Å². The highest BCUT2D eigenvalue weighted by Crippen LogP contribution is 2.42. The van der Waals surface area contributed by atoms with Crippen molar-refractivity contribution < 1.29 is 33.4 Å². The van der Waals surface area contributed by atoms with E-state index in [9.17, 15) is 24.0 Å². The van der Waals surface area contributed by atoms with Crippen molar-refractivity contribution >= 4 is 40.6 Å². The van der Waals surface area contributed by atoms with Crippen LogP contribution in [-0.4, -0.2) is 155 Å². The molecule has 2 saturated heterocycles. The molecule has 3 aliphatic heterocycles. The number of cyclic esters (lactones) is 1. The molecule has 3 aliphatic rings. The van der Waals surface area contributed by atoms with Gasteiger partial charge in [0, 0.05) is 108 Å². The normalized spacial score (nSPS) is 20.7. The number of rotatable bonds is 12. The van der Waals surface area contributed by atoms with E-state index in [4.69, 9.17) is 14.5 Å². The number of urea groups is 1. The summed E-state index contributed by atoms with van der Waals surface area (Å²) >= 11 is 0. The Hall–Kier alpha value is -6.10. The summed E-state index contributed by atoms with van der Waals surface area (Å²) in [6, 6.07) is 15.7. The third-order valence-electron chi connectivity index (χ3n) is 14.6. The van der Waals surface area contributed by atoms with Crippen molar-refractivity contribution in [3.63, 3.8) is 0 Å². The van der Waals surface area contributed by atoms with E-state index in [0.29, 0.717) is 65.1 Å². The summed E-state index contributed by atoms with van der Waals surface area (Å²) < 4.78 is 14.3. The summed E-state index contributed by atoms with van der Waals surface area (Å²) in [7, 11) is 5.08. The molecule has 4 aromatic rings. The van der Waals surface area contributed by atoms with Gasteiger partial charge in [-0.3, -0.25) is 34.1 Å². The van der Waals surface area contributed by atoms with Gasteiger partial charge in [0.15, 0.2) is 0 Å². The summed E-state index contributed by atoms with van der Waals surface area (Å²) in [5, 5.41) is 5.64. The molecule has 16 heteroatoms. The van der Waals surface area contributed by atoms with Gasteiger partial charge in [-0.25, -0.2) is 10.2 Å². The second-order valence-corrected chi connectivity index (χ2v) is 20.7. The van der Waals surface area contributed by atoms with Crippen molar-refractivity contribution in [2.24, 2.45) is 11.3 Å². The molecule has 0 radical (unpaired) electrons. The summed E-state index contributed by atoms with van der Waals surface area (Å²) in [6.45, 7) is 21.7. The Morgan fingerprint density at radius 3 is 2.51 bits per heavy atom. The minimum atomic E-state index is -1.05. The summed E-state index contributed by atoms with van der Waals surface area (Å²) in [5.74, 6) is -1.72. The van der Waals surface area contributed by atoms with Crippen LogP contribution in [0.2, 0.25) is 0 Å². The number of hydrogen-bond acceptors (Lipinski definition) is 10. The molecule has 5 heterocycles. The van der Waals surface area contributed by atoms with Crippen LogP contribution in [0.25, 0.3) is 33.3 Å². The number of nitrogens with one attached hydrogen (secondary N) is 2. The number of hydrazine groups is 1. The molecule has 382 valence electrons. The van der Waals surface area contributed by atoms with Crippen LogP contribution in [0.3, 0.4) is 0 Å². The number of piperazine rings is 1. The van der Waals surface area contributed by atoms with E-state index >= 15 is 0 Å². The number of carbonyl (C=O) groups is 5. The van der Waals surface area contributed by atoms with Gasteiger partial charge in [0.05, 0.1) is 24.1 Å². The molecular formula is C55H75N9O7. The van der Waals surface area contributed by atoms with Gasteiger partial charge in [0.2, 0.25) is 11.8 Å². The van der Waals surface area contributed by atoms with E-state index in [0.717, 1.165) is 50.1 Å². The van der Waals surface area contributed by atoms with Crippen LogP contribution in [0.5, 0.6) is 0 Å². The van der Waals surface area contributed by atoms with Crippen molar-refractivity contribution in [3.8, 4) is 22.4 Å². The number of likely N-dealkylation sites (N-methyl/N-ethyl adjacent to an activating group) is 2. The monoisotopic (exact) mass is 974 g/mol. The zero-order valence-corrected chi connectivity index (χ0v) is 43.5. The molecule has 2 aromatic heterocycles. The van der Waals surface area contributed by atoms with Crippen LogP contribution in [0.1, 0.15) is 84.2 Å². The van der Waals surface area contributed by atoms with E-state index < -0.39 is 35.4 Å². The number of nitrogens with zero attached hydrogens (tertiary/aromatic N) is 7. The Labute approximate surface area is 419 Å². The van der Waals surface area contributed by atoms with Crippen LogP contribution in [0, 0.1) is 11.3 Å². The number of aromatic nitrogens is 2. The van der Waals surface area contributed by atoms with Crippen LogP contribution < -0.4 is 10.7 Å². The van der Waals surface area contributed by atoms with Gasteiger partial charge >= 0.3 is 12.0 Å². The topological polar surface area (TPSA) is 162 Å². The molecule has 6 bridgehead atoms. The minimum absolute atomic E-state index is 0.0220. The first kappa shape index (κ1) is 52.7. The second-order valence-electron chi connectivity index (χ2n) is 20.7. The van der Waals surface area contributed by atoms with Crippen molar-refractivity contribution in [3.05, 3.63) is 90.3 Å². The van der Waals surface area contributed by atoms with Crippen molar-refractivity contribution in [1.82, 2.24) is 44.9 Å². The van der Waals surface area contributed by atoms with Gasteiger partial charge in [-0.1, -0.05) is 64.6 Å². The largest absolute Gasteiger partial charge is 0.464 e. The molecule has 0 saturated carbocycles. The molecular weight excluding hydrogens is 899 g/mol. The number of ether oxygens (including phenoxy) is 2. The predicted octanol–water partition coefficient (Wildman–Crippen LogP) is 6.47. The number of carbonyl (C=O) groups excluding carboxylic acids is 5. The lowest BCUT2D eigenvalue weighted by molar-refractivity contribution is -0.155. The number of benzene rings is 2. The number of methoxy groups -OCH3 is 1. The summed E-state index contributed by atoms with van der Waals surface area (Å²) in [6.07, 6.45) is 4.61. The lowest BCUT2D eigenvalue weighted by atomic mass is 9.84. The number of amides is 5. The number of aryl methyl sites for hydroxylation is 1. The molecule has 2 N–H and O–H groups in total. The SMILES string of the molecule is C=CC(=O)N(C)CCN1CCN(C(=O)N(C)[C@H](C(=O)N[C@H]2Cc3cccc(c3)-c3ccc4c(c3)c(c(-c3cccnc3[C@H](C)OC)n4CC)CC(C)(C)COC(=O)[C@@H]3CCCN(N3)C2=O)C(C)C)C[C@@H]1C. The van der Waals surface area contributed by atoms with Gasteiger partial charge in [-0.15, -0.1) is 0 Å². The Bertz CT molecular complexity index is 2610. The van der Waals surface area contributed by atoms with E-state index in [1.165, 1.54) is 16.0 Å². The number of pyridine rings is 1. The molecule has 5 amide bonds. The van der Waals surface area contributed by atoms with Crippen LogP contribution in [-0.2, 0) is 48.0 Å². The molecule has 71 heavy (non-hydrogen) atoms. The van der Waals surface area contributed by atoms with Gasteiger partial charge in [0.25, 0.3) is 5.91 Å². The Morgan fingerprint density at radius 2 is 1.80 bits per heavy atom. The number of esters is 1. The van der Waals surface area contributed by atoms with E-state index in [-0.39, 0.29) is 48.9 Å². The molecule has 5 atom stereocenters. The molecule has 0 spiro atoms. The van der Waals surface area contributed by atoms with E-state index in [1.807, 2.05) is 39.0 Å². The maximum atomic E-state index is 14.8. The zero-order valence-electron chi connectivity index (χ0n) is 43.5. The summed E-state index contributed by atoms with van der Waals surface area (Å²) in [5.41, 5.74) is 10.5. The van der Waals surface area contributed by atoms with Gasteiger partial charge in [0.1, 0.15) is 18.1 Å². The Morgan fingerprint density at radius 1 is 1.04 bits per heavy atom. The highest BCUT2D eigenvalue weighted by Gasteiger charge is 2.39. The molecule has 2 fully saturated rings. The molecule has 0 unspecified atom stereocenters. The summed E-state index contributed by atoms with van der Waals surface area (Å²) in [4.78, 5) is 81.8. The number of hydrogen-bond donors (Lipinski definition) is 2. The molecule has 7 rings (SSSR count). The van der Waals surface area contributed by atoms with E-state index in [1.54, 1.807) is 37.2 Å². The lowest BCUT2D eigenvalue weighted by Gasteiger charge is -2.43. The predicted molar refractivity (Wildman–Crippen MR) is 276 cm³/mol.